The molecule has 0 radical (unpaired) electrons. The smallest absolute Gasteiger partial charge is 0.0319 e. The molecule has 0 unspecified atom stereocenters. The molecule has 0 aromatic carbocycles. The second-order valence-electron chi connectivity index (χ2n) is 4.96. The second-order valence-corrected chi connectivity index (χ2v) is 4.96. The predicted molar refractivity (Wildman–Crippen MR) is 105 cm³/mol. The van der Waals surface area contributed by atoms with Crippen LogP contribution in [0.4, 0.5) is 0 Å². The van der Waals surface area contributed by atoms with Crippen molar-refractivity contribution >= 4 is 0 Å². The van der Waals surface area contributed by atoms with Gasteiger partial charge in [0.1, 0.15) is 0 Å². The average Bonchev–Trinajstić information content (AvgIpc) is 2.81. The van der Waals surface area contributed by atoms with E-state index < -0.39 is 0 Å². The summed E-state index contributed by atoms with van der Waals surface area (Å²) >= 11 is 0. The van der Waals surface area contributed by atoms with Crippen LogP contribution in [0.15, 0.2) is 48.2 Å². The van der Waals surface area contributed by atoms with E-state index in [-0.39, 0.29) is 0 Å². The van der Waals surface area contributed by atoms with Crippen LogP contribution in [0.2, 0.25) is 0 Å². The predicted octanol–water partition coefficient (Wildman–Crippen LogP) is 4.06. The highest BCUT2D eigenvalue weighted by Gasteiger charge is 1.97. The lowest BCUT2D eigenvalue weighted by molar-refractivity contribution is 0.399. The fourth-order valence-corrected chi connectivity index (χ4v) is 1.31. The number of aliphatic hydroxyl groups excluding tert-OH is 2. The Morgan fingerprint density at radius 2 is 1.35 bits per heavy atom. The van der Waals surface area contributed by atoms with Gasteiger partial charge in [0.15, 0.2) is 0 Å². The highest BCUT2D eigenvalue weighted by Crippen LogP contribution is 2.10. The van der Waals surface area contributed by atoms with Crippen LogP contribution in [0.5, 0.6) is 0 Å². The molecule has 1 aliphatic carbocycles. The Morgan fingerprint density at radius 1 is 1.00 bits per heavy atom. The van der Waals surface area contributed by atoms with Crippen LogP contribution in [-0.4, -0.2) is 24.4 Å². The SMILES string of the molecule is C#C.CC(C)C.CCC/C(N)=C\C1C=CC=CC=C1.CO.CO. The molecule has 0 atom stereocenters. The molecule has 4 N–H and O–H groups in total. The number of nitrogens with two attached hydrogens (primary N) is 1. The number of aliphatic hydroxyl groups is 2. The third-order valence-electron chi connectivity index (χ3n) is 1.95. The first-order valence-electron chi connectivity index (χ1n) is 7.76. The Balaban J connectivity index is -0.000000152. The van der Waals surface area contributed by atoms with Gasteiger partial charge in [-0.15, -0.1) is 12.8 Å². The zero-order valence-corrected chi connectivity index (χ0v) is 15.7. The van der Waals surface area contributed by atoms with Crippen molar-refractivity contribution in [3.63, 3.8) is 0 Å². The highest BCUT2D eigenvalue weighted by molar-refractivity contribution is 5.24. The first-order valence-corrected chi connectivity index (χ1v) is 7.76. The van der Waals surface area contributed by atoms with Gasteiger partial charge < -0.3 is 15.9 Å². The molecule has 3 heteroatoms. The van der Waals surface area contributed by atoms with Crippen molar-refractivity contribution < 1.29 is 10.2 Å². The summed E-state index contributed by atoms with van der Waals surface area (Å²) in [6, 6.07) is 0. The molecule has 0 aromatic heterocycles. The molecule has 0 saturated heterocycles. The zero-order valence-electron chi connectivity index (χ0n) is 15.7. The standard InChI is InChI=1S/C12H17N.C4H10.C2H2.2CH4O/c1-2-7-12(13)10-11-8-5-3-4-6-9-11;1-4(2)3;3*1-2/h3-6,8-11H,2,7,13H2,1H3;4H,1-3H3;1-2H;2*2H,1H3/b12-10+;;;;. The molecule has 1 aliphatic rings. The fraction of sp³-hybridized carbons (Fsp3) is 0.500. The number of rotatable bonds is 3. The highest BCUT2D eigenvalue weighted by atomic mass is 16.2. The molecule has 0 bridgehead atoms. The molecule has 0 saturated carbocycles. The van der Waals surface area contributed by atoms with E-state index in [9.17, 15) is 0 Å². The average molecular weight is 324 g/mol. The molecule has 134 valence electrons. The summed E-state index contributed by atoms with van der Waals surface area (Å²) in [7, 11) is 2.00. The molecule has 23 heavy (non-hydrogen) atoms. The van der Waals surface area contributed by atoms with Crippen LogP contribution in [0.25, 0.3) is 0 Å². The minimum absolute atomic E-state index is 0.363. The normalized spacial score (nSPS) is 12.2. The minimum Gasteiger partial charge on any atom is -0.402 e. The van der Waals surface area contributed by atoms with E-state index in [1.807, 2.05) is 12.2 Å². The molecule has 3 nitrogen and oxygen atoms in total. The Kier molecular flexibility index (Phi) is 36.2. The summed E-state index contributed by atoms with van der Waals surface area (Å²) < 4.78 is 0. The maximum absolute atomic E-state index is 7.00. The molecular weight excluding hydrogens is 286 g/mol. The lowest BCUT2D eigenvalue weighted by Crippen LogP contribution is -1.99. The van der Waals surface area contributed by atoms with E-state index in [0.29, 0.717) is 5.92 Å². The van der Waals surface area contributed by atoms with Crippen molar-refractivity contribution in [3.8, 4) is 12.8 Å². The van der Waals surface area contributed by atoms with E-state index in [0.717, 1.165) is 38.7 Å². The van der Waals surface area contributed by atoms with Crippen LogP contribution in [0.1, 0.15) is 40.5 Å². The van der Waals surface area contributed by atoms with Crippen molar-refractivity contribution in [1.82, 2.24) is 0 Å². The van der Waals surface area contributed by atoms with Crippen LogP contribution < -0.4 is 5.73 Å². The van der Waals surface area contributed by atoms with Crippen LogP contribution in [-0.2, 0) is 0 Å². The molecule has 0 aliphatic heterocycles. The molecule has 0 spiro atoms. The van der Waals surface area contributed by atoms with Gasteiger partial charge in [-0.3, -0.25) is 0 Å². The molecular formula is C20H37NO2. The van der Waals surface area contributed by atoms with E-state index in [1.54, 1.807) is 0 Å². The third kappa shape index (κ3) is 33.2. The van der Waals surface area contributed by atoms with E-state index in [4.69, 9.17) is 15.9 Å². The summed E-state index contributed by atoms with van der Waals surface area (Å²) in [6.07, 6.45) is 24.7. The Labute approximate surface area is 144 Å². The second kappa shape index (κ2) is 28.4. The Bertz CT molecular complexity index is 318. The summed E-state index contributed by atoms with van der Waals surface area (Å²) in [5, 5.41) is 14.0. The van der Waals surface area contributed by atoms with Gasteiger partial charge in [-0.25, -0.2) is 0 Å². The summed E-state index contributed by atoms with van der Waals surface area (Å²) in [5.41, 5.74) is 6.83. The van der Waals surface area contributed by atoms with Crippen molar-refractivity contribution in [1.29, 1.82) is 0 Å². The van der Waals surface area contributed by atoms with Gasteiger partial charge in [0.2, 0.25) is 0 Å². The number of hydrogen-bond donors (Lipinski definition) is 3. The van der Waals surface area contributed by atoms with Gasteiger partial charge in [-0.2, -0.15) is 0 Å². The maximum Gasteiger partial charge on any atom is 0.0319 e. The van der Waals surface area contributed by atoms with Gasteiger partial charge in [-0.05, 0) is 12.3 Å². The van der Waals surface area contributed by atoms with Crippen molar-refractivity contribution in [2.24, 2.45) is 17.6 Å². The van der Waals surface area contributed by atoms with E-state index >= 15 is 0 Å². The molecule has 0 aromatic rings. The van der Waals surface area contributed by atoms with Gasteiger partial charge >= 0.3 is 0 Å². The number of terminal acetylenes is 1. The lowest BCUT2D eigenvalue weighted by Gasteiger charge is -2.03. The topological polar surface area (TPSA) is 66.5 Å². The monoisotopic (exact) mass is 323 g/mol. The Hall–Kier alpha value is -1.76. The first-order chi connectivity index (χ1) is 11.1. The van der Waals surface area contributed by atoms with Crippen LogP contribution in [0.3, 0.4) is 0 Å². The summed E-state index contributed by atoms with van der Waals surface area (Å²) in [4.78, 5) is 0. The molecule has 1 rings (SSSR count). The van der Waals surface area contributed by atoms with E-state index in [1.165, 1.54) is 0 Å². The van der Waals surface area contributed by atoms with E-state index in [2.05, 4.69) is 70.9 Å². The Morgan fingerprint density at radius 3 is 1.65 bits per heavy atom. The van der Waals surface area contributed by atoms with Crippen LogP contribution >= 0.6 is 0 Å². The van der Waals surface area contributed by atoms with Crippen molar-refractivity contribution in [2.75, 3.05) is 14.2 Å². The van der Waals surface area contributed by atoms with Gasteiger partial charge in [0.05, 0.1) is 0 Å². The zero-order chi connectivity index (χ0) is 19.1. The minimum atomic E-state index is 0.363. The van der Waals surface area contributed by atoms with Crippen LogP contribution in [0, 0.1) is 24.7 Å². The number of hydrogen-bond acceptors (Lipinski definition) is 3. The van der Waals surface area contributed by atoms with Gasteiger partial charge in [0.25, 0.3) is 0 Å². The number of allylic oxidation sites excluding steroid dienone is 8. The molecule has 0 heterocycles. The van der Waals surface area contributed by atoms with Gasteiger partial charge in [0, 0.05) is 25.8 Å². The lowest BCUT2D eigenvalue weighted by atomic mass is 10.1. The fourth-order valence-electron chi connectivity index (χ4n) is 1.31. The van der Waals surface area contributed by atoms with Crippen molar-refractivity contribution in [2.45, 2.75) is 40.5 Å². The summed E-state index contributed by atoms with van der Waals surface area (Å²) in [5.74, 6) is 1.20. The third-order valence-corrected chi connectivity index (χ3v) is 1.95. The quantitative estimate of drug-likeness (QED) is 0.686. The molecule has 0 amide bonds. The van der Waals surface area contributed by atoms with Crippen molar-refractivity contribution in [3.05, 3.63) is 48.2 Å². The molecule has 0 fully saturated rings. The first kappa shape index (κ1) is 29.3. The van der Waals surface area contributed by atoms with Gasteiger partial charge in [-0.1, -0.05) is 76.6 Å². The maximum atomic E-state index is 7.00. The summed E-state index contributed by atoms with van der Waals surface area (Å²) in [6.45, 7) is 8.64. The largest absolute Gasteiger partial charge is 0.402 e.